The average Bonchev–Trinajstić information content (AvgIpc) is 3.12. The normalized spacial score (nSPS) is 17.1. The largest absolute Gasteiger partial charge is 0.310 e. The molecule has 0 saturated heterocycles. The summed E-state index contributed by atoms with van der Waals surface area (Å²) in [7, 11) is 0. The highest BCUT2D eigenvalue weighted by molar-refractivity contribution is 6.42. The molecule has 0 bridgehead atoms. The highest BCUT2D eigenvalue weighted by Gasteiger charge is 2.26. The van der Waals surface area contributed by atoms with Crippen LogP contribution in [0.15, 0.2) is 18.2 Å². The van der Waals surface area contributed by atoms with E-state index in [2.05, 4.69) is 18.3 Å². The maximum atomic E-state index is 6.08. The Morgan fingerprint density at radius 2 is 2.06 bits per heavy atom. The van der Waals surface area contributed by atoms with Gasteiger partial charge in [-0.2, -0.15) is 0 Å². The van der Waals surface area contributed by atoms with E-state index >= 15 is 0 Å². The van der Waals surface area contributed by atoms with E-state index in [1.54, 1.807) is 0 Å². The molecular weight excluding hydrogens is 253 g/mol. The molecule has 0 aromatic heterocycles. The molecule has 1 saturated carbocycles. The van der Waals surface area contributed by atoms with E-state index in [-0.39, 0.29) is 0 Å². The Labute approximate surface area is 114 Å². The van der Waals surface area contributed by atoms with Crippen LogP contribution >= 0.6 is 23.2 Å². The third kappa shape index (κ3) is 3.87. The first kappa shape index (κ1) is 13.2. The number of rotatable bonds is 6. The fourth-order valence-electron chi connectivity index (χ4n) is 2.07. The van der Waals surface area contributed by atoms with Crippen molar-refractivity contribution in [2.75, 3.05) is 6.54 Å². The van der Waals surface area contributed by atoms with E-state index in [1.165, 1.54) is 24.8 Å². The molecule has 0 amide bonds. The third-order valence-electron chi connectivity index (χ3n) is 3.25. The van der Waals surface area contributed by atoms with Crippen molar-refractivity contribution in [1.29, 1.82) is 0 Å². The van der Waals surface area contributed by atoms with Gasteiger partial charge in [-0.05, 0) is 43.0 Å². The molecule has 0 heterocycles. The Kier molecular flexibility index (Phi) is 4.72. The molecule has 1 aliphatic carbocycles. The van der Waals surface area contributed by atoms with Gasteiger partial charge in [0.1, 0.15) is 0 Å². The second-order valence-corrected chi connectivity index (χ2v) is 5.67. The van der Waals surface area contributed by atoms with Crippen molar-refractivity contribution >= 4 is 23.2 Å². The molecule has 1 atom stereocenters. The van der Waals surface area contributed by atoms with Gasteiger partial charge in [0, 0.05) is 6.04 Å². The Bertz CT molecular complexity index is 374. The molecule has 0 spiro atoms. The van der Waals surface area contributed by atoms with Gasteiger partial charge in [-0.1, -0.05) is 49.0 Å². The molecule has 1 aromatic carbocycles. The minimum atomic E-state index is 0.428. The summed E-state index contributed by atoms with van der Waals surface area (Å²) in [6.07, 6.45) is 5.14. The molecule has 0 radical (unpaired) electrons. The number of hydrogen-bond acceptors (Lipinski definition) is 1. The van der Waals surface area contributed by atoms with E-state index in [9.17, 15) is 0 Å². The van der Waals surface area contributed by atoms with Crippen molar-refractivity contribution in [3.8, 4) is 0 Å². The lowest BCUT2D eigenvalue weighted by Gasteiger charge is -2.19. The van der Waals surface area contributed by atoms with Gasteiger partial charge in [0.05, 0.1) is 10.0 Å². The van der Waals surface area contributed by atoms with Crippen LogP contribution in [0.1, 0.15) is 44.2 Å². The second kappa shape index (κ2) is 6.08. The second-order valence-electron chi connectivity index (χ2n) is 4.86. The van der Waals surface area contributed by atoms with E-state index in [1.807, 2.05) is 12.1 Å². The van der Waals surface area contributed by atoms with Gasteiger partial charge >= 0.3 is 0 Å². The monoisotopic (exact) mass is 271 g/mol. The van der Waals surface area contributed by atoms with Crippen LogP contribution in [0.2, 0.25) is 10.0 Å². The Morgan fingerprint density at radius 1 is 1.29 bits per heavy atom. The summed E-state index contributed by atoms with van der Waals surface area (Å²) < 4.78 is 0. The molecule has 3 heteroatoms. The standard InChI is InChI=1S/C14H19Cl2N/c1-2-7-17-14(8-10-3-4-10)11-5-6-12(15)13(16)9-11/h5-6,9-10,14,17H,2-4,7-8H2,1H3. The van der Waals surface area contributed by atoms with E-state index in [0.29, 0.717) is 16.1 Å². The summed E-state index contributed by atoms with van der Waals surface area (Å²) in [4.78, 5) is 0. The van der Waals surface area contributed by atoms with Crippen LogP contribution < -0.4 is 5.32 Å². The van der Waals surface area contributed by atoms with Crippen LogP contribution in [-0.2, 0) is 0 Å². The smallest absolute Gasteiger partial charge is 0.0595 e. The van der Waals surface area contributed by atoms with Gasteiger partial charge in [0.15, 0.2) is 0 Å². The first-order chi connectivity index (χ1) is 8.20. The Hall–Kier alpha value is -0.240. The van der Waals surface area contributed by atoms with E-state index in [4.69, 9.17) is 23.2 Å². The van der Waals surface area contributed by atoms with Gasteiger partial charge < -0.3 is 5.32 Å². The van der Waals surface area contributed by atoms with Gasteiger partial charge in [-0.3, -0.25) is 0 Å². The molecule has 0 aliphatic heterocycles. The van der Waals surface area contributed by atoms with Gasteiger partial charge in [-0.15, -0.1) is 0 Å². The van der Waals surface area contributed by atoms with Gasteiger partial charge in [0.25, 0.3) is 0 Å². The summed E-state index contributed by atoms with van der Waals surface area (Å²) >= 11 is 12.0. The SMILES string of the molecule is CCCNC(CC1CC1)c1ccc(Cl)c(Cl)c1. The third-order valence-corrected chi connectivity index (χ3v) is 3.99. The maximum Gasteiger partial charge on any atom is 0.0595 e. The van der Waals surface area contributed by atoms with Crippen LogP contribution in [0.25, 0.3) is 0 Å². The molecular formula is C14H19Cl2N. The minimum Gasteiger partial charge on any atom is -0.310 e. The number of hydrogen-bond donors (Lipinski definition) is 1. The van der Waals surface area contributed by atoms with E-state index in [0.717, 1.165) is 18.9 Å². The summed E-state index contributed by atoms with van der Waals surface area (Å²) in [5, 5.41) is 4.89. The van der Waals surface area contributed by atoms with Gasteiger partial charge in [0.2, 0.25) is 0 Å². The summed E-state index contributed by atoms with van der Waals surface area (Å²) in [6.45, 7) is 3.24. The van der Waals surface area contributed by atoms with Crippen LogP contribution in [0, 0.1) is 5.92 Å². The predicted octanol–water partition coefficient (Wildman–Crippen LogP) is 4.83. The molecule has 2 rings (SSSR count). The number of benzene rings is 1. The fraction of sp³-hybridized carbons (Fsp3) is 0.571. The summed E-state index contributed by atoms with van der Waals surface area (Å²) in [6, 6.07) is 6.41. The number of nitrogens with one attached hydrogen (secondary N) is 1. The molecule has 1 aliphatic rings. The van der Waals surface area contributed by atoms with Crippen molar-refractivity contribution in [2.45, 2.75) is 38.6 Å². The Morgan fingerprint density at radius 3 is 2.65 bits per heavy atom. The number of halogens is 2. The molecule has 17 heavy (non-hydrogen) atoms. The molecule has 1 unspecified atom stereocenters. The van der Waals surface area contributed by atoms with Crippen molar-refractivity contribution < 1.29 is 0 Å². The molecule has 1 N–H and O–H groups in total. The van der Waals surface area contributed by atoms with E-state index < -0.39 is 0 Å². The first-order valence-electron chi connectivity index (χ1n) is 6.39. The van der Waals surface area contributed by atoms with Crippen LogP contribution in [0.3, 0.4) is 0 Å². The molecule has 1 fully saturated rings. The van der Waals surface area contributed by atoms with Gasteiger partial charge in [-0.25, -0.2) is 0 Å². The molecule has 1 nitrogen and oxygen atoms in total. The zero-order chi connectivity index (χ0) is 12.3. The first-order valence-corrected chi connectivity index (χ1v) is 7.14. The highest BCUT2D eigenvalue weighted by Crippen LogP contribution is 2.38. The average molecular weight is 272 g/mol. The molecule has 1 aromatic rings. The van der Waals surface area contributed by atoms with Crippen LogP contribution in [0.4, 0.5) is 0 Å². The van der Waals surface area contributed by atoms with Crippen molar-refractivity contribution in [2.24, 2.45) is 5.92 Å². The predicted molar refractivity (Wildman–Crippen MR) is 74.8 cm³/mol. The van der Waals surface area contributed by atoms with Crippen molar-refractivity contribution in [3.05, 3.63) is 33.8 Å². The zero-order valence-corrected chi connectivity index (χ0v) is 11.7. The fourth-order valence-corrected chi connectivity index (χ4v) is 2.38. The summed E-state index contributed by atoms with van der Waals surface area (Å²) in [5.74, 6) is 0.902. The zero-order valence-electron chi connectivity index (χ0n) is 10.2. The topological polar surface area (TPSA) is 12.0 Å². The highest BCUT2D eigenvalue weighted by atomic mass is 35.5. The molecule has 94 valence electrons. The van der Waals surface area contributed by atoms with Crippen molar-refractivity contribution in [1.82, 2.24) is 5.32 Å². The lowest BCUT2D eigenvalue weighted by Crippen LogP contribution is -2.22. The summed E-state index contributed by atoms with van der Waals surface area (Å²) in [5.41, 5.74) is 1.26. The van der Waals surface area contributed by atoms with Crippen molar-refractivity contribution in [3.63, 3.8) is 0 Å². The van der Waals surface area contributed by atoms with Crippen LogP contribution in [-0.4, -0.2) is 6.54 Å². The Balaban J connectivity index is 2.08. The minimum absolute atomic E-state index is 0.428. The lowest BCUT2D eigenvalue weighted by atomic mass is 10.0. The quantitative estimate of drug-likeness (QED) is 0.781. The van der Waals surface area contributed by atoms with Crippen LogP contribution in [0.5, 0.6) is 0 Å². The maximum absolute atomic E-state index is 6.08. The lowest BCUT2D eigenvalue weighted by molar-refractivity contribution is 0.474.